The minimum atomic E-state index is -0.207. The third-order valence-electron chi connectivity index (χ3n) is 1.84. The number of hydrogen-bond donors (Lipinski definition) is 1. The molecular formula is C8H10OS2. The molecule has 1 aromatic rings. The summed E-state index contributed by atoms with van der Waals surface area (Å²) in [7, 11) is 0. The van der Waals surface area contributed by atoms with Gasteiger partial charge in [-0.2, -0.15) is 0 Å². The molecule has 2 rings (SSSR count). The highest BCUT2D eigenvalue weighted by Gasteiger charge is 2.24. The van der Waals surface area contributed by atoms with Gasteiger partial charge in [0, 0.05) is 15.0 Å². The molecule has 0 radical (unpaired) electrons. The van der Waals surface area contributed by atoms with Crippen LogP contribution in [0.15, 0.2) is 16.3 Å². The molecule has 1 aliphatic rings. The summed E-state index contributed by atoms with van der Waals surface area (Å²) in [5, 5.41) is 12.2. The van der Waals surface area contributed by atoms with Crippen molar-refractivity contribution in [3.63, 3.8) is 0 Å². The molecule has 0 fully saturated rings. The molecule has 11 heavy (non-hydrogen) atoms. The van der Waals surface area contributed by atoms with Gasteiger partial charge in [-0.05, 0) is 17.9 Å². The summed E-state index contributed by atoms with van der Waals surface area (Å²) >= 11 is 3.54. The van der Waals surface area contributed by atoms with Crippen LogP contribution in [0.1, 0.15) is 24.3 Å². The second-order valence-electron chi connectivity index (χ2n) is 2.83. The van der Waals surface area contributed by atoms with E-state index < -0.39 is 0 Å². The van der Waals surface area contributed by atoms with Gasteiger partial charge < -0.3 is 5.11 Å². The first kappa shape index (κ1) is 7.65. The lowest BCUT2D eigenvalue weighted by molar-refractivity contribution is 0.167. The van der Waals surface area contributed by atoms with Crippen molar-refractivity contribution in [3.8, 4) is 0 Å². The van der Waals surface area contributed by atoms with Crippen molar-refractivity contribution in [1.82, 2.24) is 0 Å². The Bertz CT molecular complexity index is 256. The van der Waals surface area contributed by atoms with E-state index in [1.54, 1.807) is 11.3 Å². The lowest BCUT2D eigenvalue weighted by atomic mass is 10.1. The highest BCUT2D eigenvalue weighted by molar-refractivity contribution is 8.00. The summed E-state index contributed by atoms with van der Waals surface area (Å²) in [6.45, 7) is 2.16. The summed E-state index contributed by atoms with van der Waals surface area (Å²) in [5.41, 5.74) is 0. The monoisotopic (exact) mass is 186 g/mol. The average Bonchev–Trinajstić information content (AvgIpc) is 2.34. The van der Waals surface area contributed by atoms with E-state index >= 15 is 0 Å². The van der Waals surface area contributed by atoms with Gasteiger partial charge in [-0.25, -0.2) is 0 Å². The lowest BCUT2D eigenvalue weighted by Crippen LogP contribution is -2.10. The Hall–Kier alpha value is 0.01000. The maximum atomic E-state index is 9.62. The molecule has 3 heteroatoms. The van der Waals surface area contributed by atoms with E-state index in [1.165, 1.54) is 4.90 Å². The summed E-state index contributed by atoms with van der Waals surface area (Å²) in [5.74, 6) is 0. The zero-order valence-corrected chi connectivity index (χ0v) is 7.91. The van der Waals surface area contributed by atoms with Gasteiger partial charge in [0.1, 0.15) is 0 Å². The molecular weight excluding hydrogens is 176 g/mol. The van der Waals surface area contributed by atoms with Crippen LogP contribution < -0.4 is 0 Å². The number of thiophene rings is 1. The van der Waals surface area contributed by atoms with E-state index in [1.807, 2.05) is 11.8 Å². The molecule has 1 nitrogen and oxygen atoms in total. The molecule has 0 spiro atoms. The van der Waals surface area contributed by atoms with Crippen LogP contribution in [-0.2, 0) is 0 Å². The fourth-order valence-electron chi connectivity index (χ4n) is 1.34. The Morgan fingerprint density at radius 2 is 2.45 bits per heavy atom. The molecule has 0 aliphatic carbocycles. The molecule has 0 bridgehead atoms. The van der Waals surface area contributed by atoms with Crippen LogP contribution in [0.5, 0.6) is 0 Å². The van der Waals surface area contributed by atoms with Gasteiger partial charge in [-0.15, -0.1) is 23.1 Å². The Morgan fingerprint density at radius 1 is 1.64 bits per heavy atom. The molecule has 1 N–H and O–H groups in total. The van der Waals surface area contributed by atoms with Crippen LogP contribution in [0.2, 0.25) is 0 Å². The van der Waals surface area contributed by atoms with Crippen molar-refractivity contribution < 1.29 is 5.11 Å². The predicted octanol–water partition coefficient (Wildman–Crippen LogP) is 2.67. The second-order valence-corrected chi connectivity index (χ2v) is 5.26. The summed E-state index contributed by atoms with van der Waals surface area (Å²) in [4.78, 5) is 2.44. The maximum absolute atomic E-state index is 9.62. The Kier molecular flexibility index (Phi) is 1.95. The van der Waals surface area contributed by atoms with Crippen LogP contribution in [0.3, 0.4) is 0 Å². The van der Waals surface area contributed by atoms with Crippen molar-refractivity contribution in [1.29, 1.82) is 0 Å². The fraction of sp³-hybridized carbons (Fsp3) is 0.500. The molecule has 2 unspecified atom stereocenters. The first-order valence-corrected chi connectivity index (χ1v) is 5.45. The smallest absolute Gasteiger partial charge is 0.0903 e. The van der Waals surface area contributed by atoms with E-state index in [2.05, 4.69) is 18.4 Å². The van der Waals surface area contributed by atoms with Crippen molar-refractivity contribution in [2.24, 2.45) is 0 Å². The van der Waals surface area contributed by atoms with Crippen LogP contribution in [0.25, 0.3) is 0 Å². The summed E-state index contributed by atoms with van der Waals surface area (Å²) in [6, 6.07) is 2.10. The standard InChI is InChI=1S/C8H10OS2/c1-5-4-6(9)8-7(11-5)2-3-10-8/h2-3,5-6,9H,4H2,1H3. The number of thioether (sulfide) groups is 1. The quantitative estimate of drug-likeness (QED) is 0.672. The third-order valence-corrected chi connectivity index (χ3v) is 4.20. The topological polar surface area (TPSA) is 20.2 Å². The first-order valence-electron chi connectivity index (χ1n) is 3.69. The van der Waals surface area contributed by atoms with Crippen LogP contribution >= 0.6 is 23.1 Å². The van der Waals surface area contributed by atoms with Crippen molar-refractivity contribution in [2.75, 3.05) is 0 Å². The van der Waals surface area contributed by atoms with Gasteiger partial charge in [-0.3, -0.25) is 0 Å². The number of fused-ring (bicyclic) bond motifs is 1. The summed E-state index contributed by atoms with van der Waals surface area (Å²) in [6.07, 6.45) is 0.694. The van der Waals surface area contributed by atoms with Gasteiger partial charge in [0.15, 0.2) is 0 Å². The molecule has 2 atom stereocenters. The summed E-state index contributed by atoms with van der Waals surface area (Å²) < 4.78 is 0. The fourth-order valence-corrected chi connectivity index (χ4v) is 3.61. The van der Waals surface area contributed by atoms with Crippen LogP contribution in [-0.4, -0.2) is 10.4 Å². The largest absolute Gasteiger partial charge is 0.387 e. The normalized spacial score (nSPS) is 30.0. The van der Waals surface area contributed by atoms with Crippen molar-refractivity contribution in [3.05, 3.63) is 16.3 Å². The van der Waals surface area contributed by atoms with Gasteiger partial charge in [0.25, 0.3) is 0 Å². The van der Waals surface area contributed by atoms with Crippen molar-refractivity contribution in [2.45, 2.75) is 29.6 Å². The zero-order chi connectivity index (χ0) is 7.84. The SMILES string of the molecule is CC1CC(O)c2sccc2S1. The molecule has 2 heterocycles. The van der Waals surface area contributed by atoms with E-state index in [4.69, 9.17) is 0 Å². The van der Waals surface area contributed by atoms with E-state index in [0.717, 1.165) is 11.3 Å². The third kappa shape index (κ3) is 1.33. The molecule has 1 aliphatic heterocycles. The van der Waals surface area contributed by atoms with E-state index in [9.17, 15) is 5.11 Å². The highest BCUT2D eigenvalue weighted by atomic mass is 32.2. The number of hydrogen-bond acceptors (Lipinski definition) is 3. The Labute approximate surface area is 74.4 Å². The van der Waals surface area contributed by atoms with Gasteiger partial charge in [0.05, 0.1) is 6.10 Å². The van der Waals surface area contributed by atoms with Crippen molar-refractivity contribution >= 4 is 23.1 Å². The van der Waals surface area contributed by atoms with Crippen LogP contribution in [0.4, 0.5) is 0 Å². The first-order chi connectivity index (χ1) is 5.27. The van der Waals surface area contributed by atoms with Gasteiger partial charge in [0.2, 0.25) is 0 Å². The molecule has 60 valence electrons. The minimum Gasteiger partial charge on any atom is -0.387 e. The predicted molar refractivity (Wildman–Crippen MR) is 49.2 cm³/mol. The minimum absolute atomic E-state index is 0.207. The molecule has 0 aromatic carbocycles. The van der Waals surface area contributed by atoms with E-state index in [0.29, 0.717) is 5.25 Å². The Morgan fingerprint density at radius 3 is 3.27 bits per heavy atom. The zero-order valence-electron chi connectivity index (χ0n) is 6.28. The molecule has 0 saturated carbocycles. The number of rotatable bonds is 0. The van der Waals surface area contributed by atoms with Gasteiger partial charge in [-0.1, -0.05) is 6.92 Å². The maximum Gasteiger partial charge on any atom is 0.0903 e. The van der Waals surface area contributed by atoms with Crippen LogP contribution in [0, 0.1) is 0 Å². The molecule has 0 amide bonds. The highest BCUT2D eigenvalue weighted by Crippen LogP contribution is 2.43. The van der Waals surface area contributed by atoms with Gasteiger partial charge >= 0.3 is 0 Å². The second kappa shape index (κ2) is 2.81. The molecule has 1 aromatic heterocycles. The Balaban J connectivity index is 2.36. The molecule has 0 saturated heterocycles. The number of aliphatic hydroxyl groups is 1. The van der Waals surface area contributed by atoms with E-state index in [-0.39, 0.29) is 6.10 Å². The number of aliphatic hydroxyl groups excluding tert-OH is 1. The average molecular weight is 186 g/mol. The lowest BCUT2D eigenvalue weighted by Gasteiger charge is -2.22.